The molecular formula is C14H17N5O4. The van der Waals surface area contributed by atoms with Crippen LogP contribution in [0.1, 0.15) is 18.9 Å². The van der Waals surface area contributed by atoms with Crippen molar-refractivity contribution in [2.45, 2.75) is 31.8 Å². The molecule has 2 aliphatic heterocycles. The summed E-state index contributed by atoms with van der Waals surface area (Å²) in [6.07, 6.45) is 2.61. The molecule has 9 nitrogen and oxygen atoms in total. The molecule has 0 aromatic carbocycles. The van der Waals surface area contributed by atoms with Crippen molar-refractivity contribution in [1.29, 1.82) is 0 Å². The summed E-state index contributed by atoms with van der Waals surface area (Å²) in [4.78, 5) is 25.9. The Kier molecular flexibility index (Phi) is 4.07. The summed E-state index contributed by atoms with van der Waals surface area (Å²) >= 11 is 0. The van der Waals surface area contributed by atoms with Gasteiger partial charge in [0.2, 0.25) is 5.95 Å². The van der Waals surface area contributed by atoms with Crippen molar-refractivity contribution < 1.29 is 19.7 Å². The maximum absolute atomic E-state index is 12.5. The van der Waals surface area contributed by atoms with E-state index in [1.54, 1.807) is 13.0 Å². The zero-order valence-corrected chi connectivity index (χ0v) is 12.5. The van der Waals surface area contributed by atoms with Gasteiger partial charge in [-0.2, -0.15) is 0 Å². The van der Waals surface area contributed by atoms with Crippen LogP contribution in [0.15, 0.2) is 23.1 Å². The molecule has 0 bridgehead atoms. The van der Waals surface area contributed by atoms with E-state index in [4.69, 9.17) is 15.6 Å². The Balaban J connectivity index is 1.80. The molecule has 1 amide bonds. The number of nitrogens with zero attached hydrogens (tertiary/aromatic N) is 4. The molecule has 122 valence electrons. The van der Waals surface area contributed by atoms with Gasteiger partial charge >= 0.3 is 0 Å². The summed E-state index contributed by atoms with van der Waals surface area (Å²) in [5.74, 6) is 0.276. The van der Waals surface area contributed by atoms with E-state index in [9.17, 15) is 9.90 Å². The number of rotatable bonds is 3. The number of nitrogen functional groups attached to an aromatic ring is 1. The number of amides is 1. The van der Waals surface area contributed by atoms with E-state index in [-0.39, 0.29) is 30.6 Å². The van der Waals surface area contributed by atoms with E-state index in [1.807, 2.05) is 0 Å². The molecule has 3 atom stereocenters. The van der Waals surface area contributed by atoms with E-state index in [2.05, 4.69) is 15.0 Å². The third kappa shape index (κ3) is 2.93. The molecule has 1 aromatic rings. The highest BCUT2D eigenvalue weighted by atomic mass is 16.5. The van der Waals surface area contributed by atoms with Crippen LogP contribution in [0, 0.1) is 0 Å². The van der Waals surface area contributed by atoms with Crippen molar-refractivity contribution in [3.63, 3.8) is 0 Å². The molecule has 9 heteroatoms. The van der Waals surface area contributed by atoms with Gasteiger partial charge in [0, 0.05) is 24.4 Å². The topological polar surface area (TPSA) is 134 Å². The van der Waals surface area contributed by atoms with Crippen LogP contribution < -0.4 is 5.73 Å². The molecule has 0 aliphatic carbocycles. The number of hydrogen-bond acceptors (Lipinski definition) is 8. The highest BCUT2D eigenvalue weighted by Gasteiger charge is 2.42. The fourth-order valence-corrected chi connectivity index (χ4v) is 2.60. The number of aromatic nitrogens is 2. The molecule has 1 saturated heterocycles. The molecule has 3 rings (SSSR count). The first-order chi connectivity index (χ1) is 11.0. The lowest BCUT2D eigenvalue weighted by atomic mass is 10.2. The predicted molar refractivity (Wildman–Crippen MR) is 80.7 cm³/mol. The molecule has 2 aliphatic rings. The molecule has 0 unspecified atom stereocenters. The number of carbonyl (C=O) groups excluding carboxylic acids is 1. The largest absolute Gasteiger partial charge is 0.394 e. The van der Waals surface area contributed by atoms with Crippen molar-refractivity contribution in [3.8, 4) is 0 Å². The lowest BCUT2D eigenvalue weighted by molar-refractivity contribution is -0.133. The van der Waals surface area contributed by atoms with E-state index >= 15 is 0 Å². The van der Waals surface area contributed by atoms with Gasteiger partial charge in [0.05, 0.1) is 12.7 Å². The van der Waals surface area contributed by atoms with Crippen molar-refractivity contribution >= 4 is 23.8 Å². The predicted octanol–water partition coefficient (Wildman–Crippen LogP) is -0.871. The monoisotopic (exact) mass is 319 g/mol. The van der Waals surface area contributed by atoms with Crippen LogP contribution in [0.3, 0.4) is 0 Å². The molecule has 23 heavy (non-hydrogen) atoms. The number of hydrogen-bond donors (Lipinski definition) is 3. The van der Waals surface area contributed by atoms with Crippen molar-refractivity contribution in [2.75, 3.05) is 12.3 Å². The molecule has 0 radical (unpaired) electrons. The SMILES string of the molecule is CC1=N/C(=C/c2cnc(N)nc2)C(=O)N1[C@H]1C[C@H](O)[C@@H](CO)O1. The first-order valence-corrected chi connectivity index (χ1v) is 7.12. The summed E-state index contributed by atoms with van der Waals surface area (Å²) in [6, 6.07) is 0. The fraction of sp³-hybridized carbons (Fsp3) is 0.429. The van der Waals surface area contributed by atoms with Crippen LogP contribution >= 0.6 is 0 Å². The molecule has 1 aromatic heterocycles. The lowest BCUT2D eigenvalue weighted by Crippen LogP contribution is -2.40. The molecule has 0 saturated carbocycles. The maximum atomic E-state index is 12.5. The highest BCUT2D eigenvalue weighted by Crippen LogP contribution is 2.28. The number of carbonyl (C=O) groups is 1. The molecule has 4 N–H and O–H groups in total. The van der Waals surface area contributed by atoms with Gasteiger partial charge in [-0.1, -0.05) is 0 Å². The summed E-state index contributed by atoms with van der Waals surface area (Å²) in [5.41, 5.74) is 6.24. The Morgan fingerprint density at radius 1 is 1.48 bits per heavy atom. The van der Waals surface area contributed by atoms with E-state index in [0.717, 1.165) is 0 Å². The van der Waals surface area contributed by atoms with Crippen LogP contribution in [-0.2, 0) is 9.53 Å². The normalized spacial score (nSPS) is 29.4. The smallest absolute Gasteiger partial charge is 0.280 e. The maximum Gasteiger partial charge on any atom is 0.280 e. The zero-order valence-electron chi connectivity index (χ0n) is 12.5. The number of anilines is 1. The van der Waals surface area contributed by atoms with Gasteiger partial charge in [-0.05, 0) is 13.0 Å². The highest BCUT2D eigenvalue weighted by molar-refractivity contribution is 6.13. The van der Waals surface area contributed by atoms with Gasteiger partial charge in [0.25, 0.3) is 5.91 Å². The number of aliphatic imine (C=N–C) groups is 1. The first-order valence-electron chi connectivity index (χ1n) is 7.12. The summed E-state index contributed by atoms with van der Waals surface area (Å²) in [6.45, 7) is 1.38. The number of nitrogens with two attached hydrogens (primary N) is 1. The van der Waals surface area contributed by atoms with Gasteiger partial charge in [-0.3, -0.25) is 9.69 Å². The third-order valence-electron chi connectivity index (χ3n) is 3.74. The fourth-order valence-electron chi connectivity index (χ4n) is 2.60. The molecule has 0 spiro atoms. The van der Waals surface area contributed by atoms with E-state index < -0.39 is 18.4 Å². The second-order valence-corrected chi connectivity index (χ2v) is 5.35. The van der Waals surface area contributed by atoms with E-state index in [1.165, 1.54) is 17.3 Å². The Bertz CT molecular complexity index is 672. The van der Waals surface area contributed by atoms with Gasteiger partial charge < -0.3 is 20.7 Å². The van der Waals surface area contributed by atoms with Gasteiger partial charge in [0.15, 0.2) is 0 Å². The molecular weight excluding hydrogens is 302 g/mol. The average molecular weight is 319 g/mol. The summed E-state index contributed by atoms with van der Waals surface area (Å²) in [5, 5.41) is 19.0. The van der Waals surface area contributed by atoms with Crippen LogP contribution in [-0.4, -0.2) is 61.9 Å². The van der Waals surface area contributed by atoms with Gasteiger partial charge in [-0.25, -0.2) is 15.0 Å². The van der Waals surface area contributed by atoms with E-state index in [0.29, 0.717) is 11.4 Å². The number of ether oxygens (including phenoxy) is 1. The van der Waals surface area contributed by atoms with Crippen molar-refractivity contribution in [3.05, 3.63) is 23.7 Å². The summed E-state index contributed by atoms with van der Waals surface area (Å²) in [7, 11) is 0. The zero-order chi connectivity index (χ0) is 16.6. The average Bonchev–Trinajstić information content (AvgIpc) is 3.01. The number of aliphatic hydroxyl groups is 2. The lowest BCUT2D eigenvalue weighted by Gasteiger charge is -2.23. The van der Waals surface area contributed by atoms with Crippen molar-refractivity contribution in [2.24, 2.45) is 4.99 Å². The number of aliphatic hydroxyl groups excluding tert-OH is 2. The van der Waals surface area contributed by atoms with Crippen LogP contribution in [0.25, 0.3) is 6.08 Å². The Labute approximate surface area is 132 Å². The van der Waals surface area contributed by atoms with Crippen LogP contribution in [0.2, 0.25) is 0 Å². The van der Waals surface area contributed by atoms with Gasteiger partial charge in [-0.15, -0.1) is 0 Å². The Morgan fingerprint density at radius 2 is 2.17 bits per heavy atom. The van der Waals surface area contributed by atoms with Gasteiger partial charge in [0.1, 0.15) is 23.9 Å². The Hall–Kier alpha value is -2.36. The quantitative estimate of drug-likeness (QED) is 0.616. The Morgan fingerprint density at radius 3 is 2.78 bits per heavy atom. The molecule has 3 heterocycles. The summed E-state index contributed by atoms with van der Waals surface area (Å²) < 4.78 is 5.52. The minimum atomic E-state index is -0.816. The standard InChI is InChI=1S/C14H17N5O4/c1-7-18-9(2-8-4-16-14(15)17-5-8)13(22)19(7)12-3-10(21)11(6-20)23-12/h2,4-5,10-12,20-21H,3,6H2,1H3,(H2,15,16,17)/b9-2+/t10-,11+,12+/m0/s1. The first kappa shape index (κ1) is 15.5. The van der Waals surface area contributed by atoms with Crippen LogP contribution in [0.5, 0.6) is 0 Å². The minimum absolute atomic E-state index is 0.148. The number of amidine groups is 1. The third-order valence-corrected chi connectivity index (χ3v) is 3.74. The van der Waals surface area contributed by atoms with Crippen molar-refractivity contribution in [1.82, 2.24) is 14.9 Å². The minimum Gasteiger partial charge on any atom is -0.394 e. The molecule has 1 fully saturated rings. The van der Waals surface area contributed by atoms with Crippen LogP contribution in [0.4, 0.5) is 5.95 Å². The second kappa shape index (κ2) is 6.03. The second-order valence-electron chi connectivity index (χ2n) is 5.35.